The van der Waals surface area contributed by atoms with E-state index >= 15 is 0 Å². The van der Waals surface area contributed by atoms with E-state index in [2.05, 4.69) is 30.1 Å². The van der Waals surface area contributed by atoms with Crippen LogP contribution in [-0.4, -0.2) is 44.9 Å². The summed E-state index contributed by atoms with van der Waals surface area (Å²) >= 11 is 0. The molecule has 2 rings (SSSR count). The van der Waals surface area contributed by atoms with E-state index in [1.807, 2.05) is 0 Å². The van der Waals surface area contributed by atoms with E-state index < -0.39 is 5.97 Å². The van der Waals surface area contributed by atoms with Crippen LogP contribution in [-0.2, 0) is 4.74 Å². The topological polar surface area (TPSA) is 94.8 Å². The van der Waals surface area contributed by atoms with Gasteiger partial charge in [0.05, 0.1) is 7.11 Å². The Morgan fingerprint density at radius 1 is 1.47 bits per heavy atom. The first-order chi connectivity index (χ1) is 8.24. The molecular formula is C9H10N6O2. The maximum atomic E-state index is 11.2. The SMILES string of the molecule is CNc1nccc(-n2cnc(C(=O)OC)n2)n1. The summed E-state index contributed by atoms with van der Waals surface area (Å²) in [6, 6.07) is 1.65. The predicted molar refractivity (Wildman–Crippen MR) is 57.8 cm³/mol. The molecule has 0 amide bonds. The molecule has 0 radical (unpaired) electrons. The monoisotopic (exact) mass is 234 g/mol. The van der Waals surface area contributed by atoms with Crippen molar-refractivity contribution in [2.45, 2.75) is 0 Å². The number of hydrogen-bond acceptors (Lipinski definition) is 7. The zero-order valence-electron chi connectivity index (χ0n) is 9.28. The highest BCUT2D eigenvalue weighted by atomic mass is 16.5. The lowest BCUT2D eigenvalue weighted by Crippen LogP contribution is -2.06. The highest BCUT2D eigenvalue weighted by Gasteiger charge is 2.12. The van der Waals surface area contributed by atoms with Gasteiger partial charge < -0.3 is 10.1 Å². The van der Waals surface area contributed by atoms with Crippen molar-refractivity contribution in [1.82, 2.24) is 24.7 Å². The molecule has 0 aliphatic rings. The van der Waals surface area contributed by atoms with Crippen LogP contribution in [0.15, 0.2) is 18.6 Å². The standard InChI is InChI=1S/C9H10N6O2/c1-10-9-11-4-3-6(13-9)15-5-12-7(14-15)8(16)17-2/h3-5H,1-2H3,(H,10,11,13). The minimum atomic E-state index is -0.591. The maximum Gasteiger partial charge on any atom is 0.377 e. The van der Waals surface area contributed by atoms with Gasteiger partial charge in [0.15, 0.2) is 5.82 Å². The molecular weight excluding hydrogens is 224 g/mol. The van der Waals surface area contributed by atoms with Crippen LogP contribution in [0.1, 0.15) is 10.6 Å². The molecule has 0 saturated carbocycles. The van der Waals surface area contributed by atoms with Crippen molar-refractivity contribution in [2.75, 3.05) is 19.5 Å². The summed E-state index contributed by atoms with van der Waals surface area (Å²) in [5.41, 5.74) is 0. The van der Waals surface area contributed by atoms with Crippen LogP contribution < -0.4 is 5.32 Å². The molecule has 88 valence electrons. The van der Waals surface area contributed by atoms with E-state index in [-0.39, 0.29) is 5.82 Å². The Balaban J connectivity index is 2.33. The quantitative estimate of drug-likeness (QED) is 0.740. The second-order valence-corrected chi connectivity index (χ2v) is 2.99. The molecule has 17 heavy (non-hydrogen) atoms. The number of anilines is 1. The Morgan fingerprint density at radius 2 is 2.29 bits per heavy atom. The fourth-order valence-corrected chi connectivity index (χ4v) is 1.16. The van der Waals surface area contributed by atoms with Crippen molar-refractivity contribution in [2.24, 2.45) is 0 Å². The van der Waals surface area contributed by atoms with Crippen LogP contribution in [0.25, 0.3) is 5.82 Å². The molecule has 0 aromatic carbocycles. The zero-order valence-corrected chi connectivity index (χ0v) is 9.28. The van der Waals surface area contributed by atoms with Crippen molar-refractivity contribution in [3.05, 3.63) is 24.4 Å². The lowest BCUT2D eigenvalue weighted by atomic mass is 10.6. The lowest BCUT2D eigenvalue weighted by Gasteiger charge is -2.01. The molecule has 1 N–H and O–H groups in total. The van der Waals surface area contributed by atoms with Gasteiger partial charge in [-0.15, -0.1) is 5.10 Å². The summed E-state index contributed by atoms with van der Waals surface area (Å²) in [5, 5.41) is 6.74. The fraction of sp³-hybridized carbons (Fsp3) is 0.222. The van der Waals surface area contributed by atoms with Crippen molar-refractivity contribution in [3.63, 3.8) is 0 Å². The molecule has 0 atom stereocenters. The van der Waals surface area contributed by atoms with E-state index in [9.17, 15) is 4.79 Å². The summed E-state index contributed by atoms with van der Waals surface area (Å²) < 4.78 is 5.88. The smallest absolute Gasteiger partial charge is 0.377 e. The molecule has 8 heteroatoms. The third-order valence-corrected chi connectivity index (χ3v) is 1.96. The van der Waals surface area contributed by atoms with Crippen LogP contribution in [0.4, 0.5) is 5.95 Å². The number of esters is 1. The van der Waals surface area contributed by atoms with E-state index in [1.165, 1.54) is 18.1 Å². The highest BCUT2D eigenvalue weighted by molar-refractivity contribution is 5.84. The normalized spacial score (nSPS) is 10.0. The molecule has 0 unspecified atom stereocenters. The summed E-state index contributed by atoms with van der Waals surface area (Å²) in [4.78, 5) is 23.1. The van der Waals surface area contributed by atoms with Crippen LogP contribution >= 0.6 is 0 Å². The van der Waals surface area contributed by atoms with Gasteiger partial charge in [-0.05, 0) is 0 Å². The first-order valence-electron chi connectivity index (χ1n) is 4.75. The Bertz CT molecular complexity index is 538. The van der Waals surface area contributed by atoms with Gasteiger partial charge in [-0.25, -0.2) is 19.4 Å². The summed E-state index contributed by atoms with van der Waals surface area (Å²) in [6.45, 7) is 0. The Labute approximate surface area is 96.7 Å². The Morgan fingerprint density at radius 3 is 3.00 bits per heavy atom. The number of methoxy groups -OCH3 is 1. The van der Waals surface area contributed by atoms with E-state index in [4.69, 9.17) is 0 Å². The van der Waals surface area contributed by atoms with Crippen molar-refractivity contribution < 1.29 is 9.53 Å². The molecule has 0 aliphatic carbocycles. The van der Waals surface area contributed by atoms with Gasteiger partial charge in [0.2, 0.25) is 5.95 Å². The highest BCUT2D eigenvalue weighted by Crippen LogP contribution is 2.04. The Hall–Kier alpha value is -2.51. The second kappa shape index (κ2) is 4.56. The predicted octanol–water partition coefficient (Wildman–Crippen LogP) is -0.114. The Kier molecular flexibility index (Phi) is 2.95. The zero-order chi connectivity index (χ0) is 12.3. The van der Waals surface area contributed by atoms with Gasteiger partial charge >= 0.3 is 5.97 Å². The molecule has 0 fully saturated rings. The maximum absolute atomic E-state index is 11.2. The first-order valence-corrected chi connectivity index (χ1v) is 4.75. The summed E-state index contributed by atoms with van der Waals surface area (Å²) in [7, 11) is 2.98. The van der Waals surface area contributed by atoms with Gasteiger partial charge in [0.25, 0.3) is 5.82 Å². The number of carbonyl (C=O) groups excluding carboxylic acids is 1. The number of carbonyl (C=O) groups is 1. The fourth-order valence-electron chi connectivity index (χ4n) is 1.16. The van der Waals surface area contributed by atoms with Crippen LogP contribution in [0, 0.1) is 0 Å². The number of rotatable bonds is 3. The van der Waals surface area contributed by atoms with Crippen molar-refractivity contribution in [1.29, 1.82) is 0 Å². The number of nitrogens with zero attached hydrogens (tertiary/aromatic N) is 5. The number of hydrogen-bond donors (Lipinski definition) is 1. The van der Waals surface area contributed by atoms with Gasteiger partial charge in [-0.3, -0.25) is 0 Å². The number of ether oxygens (including phenoxy) is 1. The summed E-state index contributed by atoms with van der Waals surface area (Å²) in [5.74, 6) is 0.355. The number of nitrogens with one attached hydrogen (secondary N) is 1. The molecule has 8 nitrogen and oxygen atoms in total. The van der Waals surface area contributed by atoms with E-state index in [0.717, 1.165) is 0 Å². The first kappa shape index (κ1) is 11.0. The van der Waals surface area contributed by atoms with Gasteiger partial charge in [-0.1, -0.05) is 0 Å². The van der Waals surface area contributed by atoms with Crippen LogP contribution in [0.3, 0.4) is 0 Å². The van der Waals surface area contributed by atoms with Crippen LogP contribution in [0.5, 0.6) is 0 Å². The molecule has 2 heterocycles. The summed E-state index contributed by atoms with van der Waals surface area (Å²) in [6.07, 6.45) is 2.96. The lowest BCUT2D eigenvalue weighted by molar-refractivity contribution is 0.0587. The van der Waals surface area contributed by atoms with Gasteiger partial charge in [0.1, 0.15) is 6.33 Å². The molecule has 0 spiro atoms. The third-order valence-electron chi connectivity index (χ3n) is 1.96. The second-order valence-electron chi connectivity index (χ2n) is 2.99. The largest absolute Gasteiger partial charge is 0.463 e. The van der Waals surface area contributed by atoms with Crippen molar-refractivity contribution in [3.8, 4) is 5.82 Å². The van der Waals surface area contributed by atoms with Crippen LogP contribution in [0.2, 0.25) is 0 Å². The number of aromatic nitrogens is 5. The average molecular weight is 234 g/mol. The third kappa shape index (κ3) is 2.19. The van der Waals surface area contributed by atoms with E-state index in [1.54, 1.807) is 19.3 Å². The minimum absolute atomic E-state index is 0.0166. The van der Waals surface area contributed by atoms with Gasteiger partial charge in [-0.2, -0.15) is 4.98 Å². The van der Waals surface area contributed by atoms with Crippen molar-refractivity contribution >= 4 is 11.9 Å². The molecule has 2 aromatic heterocycles. The average Bonchev–Trinajstić information content (AvgIpc) is 2.87. The molecule has 0 saturated heterocycles. The van der Waals surface area contributed by atoms with Gasteiger partial charge in [0, 0.05) is 19.3 Å². The van der Waals surface area contributed by atoms with E-state index in [0.29, 0.717) is 11.8 Å². The molecule has 0 bridgehead atoms. The minimum Gasteiger partial charge on any atom is -0.463 e. The molecule has 2 aromatic rings. The molecule has 0 aliphatic heterocycles.